The van der Waals surface area contributed by atoms with Crippen LogP contribution >= 0.6 is 0 Å². The van der Waals surface area contributed by atoms with Crippen LogP contribution in [-0.2, 0) is 0 Å². The maximum absolute atomic E-state index is 6.65. The van der Waals surface area contributed by atoms with Gasteiger partial charge in [-0.25, -0.2) is 9.97 Å². The molecule has 3 nitrogen and oxygen atoms in total. The number of aromatic nitrogens is 2. The standard InChI is InChI=1S/C44H26N2O/c1-2-12-27(13-3-1)44-45-40-21-11-10-20-35(40)42(46-44)29-22-23-41-38(25-29)39-26-37(33-18-8-9-19-34(33)43(39)47-41)36-24-28-14-4-5-15-30(28)31-16-6-7-17-32(31)36/h1-26H. The number of nitrogens with zero attached hydrogens (tertiary/aromatic N) is 2. The Morgan fingerprint density at radius 1 is 0.383 bits per heavy atom. The second kappa shape index (κ2) is 10.1. The smallest absolute Gasteiger partial charge is 0.160 e. The molecule has 3 heteroatoms. The van der Waals surface area contributed by atoms with Gasteiger partial charge in [-0.15, -0.1) is 0 Å². The molecule has 0 radical (unpaired) electrons. The lowest BCUT2D eigenvalue weighted by Gasteiger charge is -2.14. The third kappa shape index (κ3) is 4.00. The number of hydrogen-bond acceptors (Lipinski definition) is 3. The molecule has 2 aromatic heterocycles. The molecule has 0 aliphatic rings. The van der Waals surface area contributed by atoms with Gasteiger partial charge in [0.2, 0.25) is 0 Å². The number of furan rings is 1. The van der Waals surface area contributed by atoms with Gasteiger partial charge >= 0.3 is 0 Å². The Morgan fingerprint density at radius 2 is 1.02 bits per heavy atom. The van der Waals surface area contributed by atoms with Crippen LogP contribution in [0, 0.1) is 0 Å². The normalized spacial score (nSPS) is 11.8. The molecule has 8 aromatic carbocycles. The van der Waals surface area contributed by atoms with Crippen LogP contribution in [0.25, 0.3) is 98.9 Å². The van der Waals surface area contributed by atoms with Crippen molar-refractivity contribution < 1.29 is 4.42 Å². The highest BCUT2D eigenvalue weighted by Gasteiger charge is 2.19. The fourth-order valence-corrected chi connectivity index (χ4v) is 7.26. The first kappa shape index (κ1) is 26.0. The summed E-state index contributed by atoms with van der Waals surface area (Å²) in [5, 5.41) is 10.5. The van der Waals surface area contributed by atoms with Gasteiger partial charge in [-0.05, 0) is 74.5 Å². The Kier molecular flexibility index (Phi) is 5.57. The quantitative estimate of drug-likeness (QED) is 0.190. The minimum absolute atomic E-state index is 0.716. The molecule has 2 heterocycles. The Morgan fingerprint density at radius 3 is 1.85 bits per heavy atom. The second-order valence-corrected chi connectivity index (χ2v) is 12.1. The largest absolute Gasteiger partial charge is 0.455 e. The topological polar surface area (TPSA) is 38.9 Å². The molecule has 0 bridgehead atoms. The van der Waals surface area contributed by atoms with E-state index < -0.39 is 0 Å². The van der Waals surface area contributed by atoms with Gasteiger partial charge in [0, 0.05) is 32.7 Å². The summed E-state index contributed by atoms with van der Waals surface area (Å²) in [5.74, 6) is 0.716. The summed E-state index contributed by atoms with van der Waals surface area (Å²) in [6.45, 7) is 0. The molecule has 0 aliphatic carbocycles. The molecule has 47 heavy (non-hydrogen) atoms. The molecule has 10 aromatic rings. The highest BCUT2D eigenvalue weighted by atomic mass is 16.3. The molecule has 0 saturated carbocycles. The molecular formula is C44H26N2O. The summed E-state index contributed by atoms with van der Waals surface area (Å²) in [6, 6.07) is 55.6. The number of fused-ring (bicyclic) bond motifs is 9. The van der Waals surface area contributed by atoms with E-state index in [0.717, 1.165) is 55.0 Å². The van der Waals surface area contributed by atoms with Gasteiger partial charge in [0.1, 0.15) is 11.2 Å². The van der Waals surface area contributed by atoms with Gasteiger partial charge in [0.15, 0.2) is 5.82 Å². The lowest BCUT2D eigenvalue weighted by molar-refractivity contribution is 0.673. The van der Waals surface area contributed by atoms with E-state index in [-0.39, 0.29) is 0 Å². The van der Waals surface area contributed by atoms with Gasteiger partial charge in [0.25, 0.3) is 0 Å². The predicted octanol–water partition coefficient (Wildman–Crippen LogP) is 12.0. The monoisotopic (exact) mass is 598 g/mol. The van der Waals surface area contributed by atoms with Crippen LogP contribution in [0.3, 0.4) is 0 Å². The van der Waals surface area contributed by atoms with E-state index in [1.165, 1.54) is 38.1 Å². The van der Waals surface area contributed by atoms with Crippen molar-refractivity contribution in [2.75, 3.05) is 0 Å². The molecule has 0 unspecified atom stereocenters. The first-order valence-electron chi connectivity index (χ1n) is 15.9. The van der Waals surface area contributed by atoms with Crippen LogP contribution < -0.4 is 0 Å². The van der Waals surface area contributed by atoms with Gasteiger partial charge in [-0.1, -0.05) is 121 Å². The predicted molar refractivity (Wildman–Crippen MR) is 196 cm³/mol. The molecule has 0 fully saturated rings. The summed E-state index contributed by atoms with van der Waals surface area (Å²) < 4.78 is 6.65. The van der Waals surface area contributed by atoms with E-state index in [1.807, 2.05) is 24.3 Å². The highest BCUT2D eigenvalue weighted by molar-refractivity contribution is 6.23. The molecule has 0 amide bonds. The lowest BCUT2D eigenvalue weighted by Crippen LogP contribution is -1.95. The van der Waals surface area contributed by atoms with Crippen molar-refractivity contribution in [3.05, 3.63) is 158 Å². The molecule has 0 N–H and O–H groups in total. The van der Waals surface area contributed by atoms with Gasteiger partial charge in [-0.2, -0.15) is 0 Å². The third-order valence-electron chi connectivity index (χ3n) is 9.44. The summed E-state index contributed by atoms with van der Waals surface area (Å²) in [4.78, 5) is 10.1. The molecule has 0 spiro atoms. The molecule has 10 rings (SSSR count). The van der Waals surface area contributed by atoms with Crippen LogP contribution in [0.1, 0.15) is 0 Å². The van der Waals surface area contributed by atoms with Crippen molar-refractivity contribution in [1.82, 2.24) is 9.97 Å². The first-order valence-corrected chi connectivity index (χ1v) is 15.9. The van der Waals surface area contributed by atoms with Crippen molar-refractivity contribution in [3.63, 3.8) is 0 Å². The SMILES string of the molecule is c1ccc(-c2nc(-c3ccc4oc5c6ccccc6c(-c6cc7ccccc7c7ccccc67)cc5c4c3)c3ccccc3n2)cc1. The van der Waals surface area contributed by atoms with Crippen molar-refractivity contribution in [3.8, 4) is 33.8 Å². The molecule has 0 atom stereocenters. The second-order valence-electron chi connectivity index (χ2n) is 12.1. The third-order valence-corrected chi connectivity index (χ3v) is 9.44. The minimum atomic E-state index is 0.716. The summed E-state index contributed by atoms with van der Waals surface area (Å²) in [5.41, 5.74) is 8.03. The Hall–Kier alpha value is -6.32. The van der Waals surface area contributed by atoms with Gasteiger partial charge < -0.3 is 4.42 Å². The van der Waals surface area contributed by atoms with Crippen molar-refractivity contribution >= 4 is 65.2 Å². The van der Waals surface area contributed by atoms with Gasteiger partial charge in [0.05, 0.1) is 11.2 Å². The van der Waals surface area contributed by atoms with Crippen LogP contribution in [0.5, 0.6) is 0 Å². The maximum Gasteiger partial charge on any atom is 0.160 e. The summed E-state index contributed by atoms with van der Waals surface area (Å²) >= 11 is 0. The van der Waals surface area contributed by atoms with E-state index in [4.69, 9.17) is 14.4 Å². The molecule has 0 aliphatic heterocycles. The zero-order valence-electron chi connectivity index (χ0n) is 25.3. The fraction of sp³-hybridized carbons (Fsp3) is 0. The van der Waals surface area contributed by atoms with E-state index in [2.05, 4.69) is 133 Å². The van der Waals surface area contributed by atoms with E-state index >= 15 is 0 Å². The Labute approximate surface area is 270 Å². The first-order chi connectivity index (χ1) is 23.3. The van der Waals surface area contributed by atoms with Crippen LogP contribution in [0.4, 0.5) is 0 Å². The summed E-state index contributed by atoms with van der Waals surface area (Å²) in [7, 11) is 0. The summed E-state index contributed by atoms with van der Waals surface area (Å²) in [6.07, 6.45) is 0. The van der Waals surface area contributed by atoms with E-state index in [1.54, 1.807) is 0 Å². The number of hydrogen-bond donors (Lipinski definition) is 0. The van der Waals surface area contributed by atoms with E-state index in [0.29, 0.717) is 5.82 Å². The Bertz CT molecular complexity index is 2850. The number of benzene rings is 8. The van der Waals surface area contributed by atoms with Crippen molar-refractivity contribution in [2.45, 2.75) is 0 Å². The van der Waals surface area contributed by atoms with E-state index in [9.17, 15) is 0 Å². The fourth-order valence-electron chi connectivity index (χ4n) is 7.26. The maximum atomic E-state index is 6.65. The van der Waals surface area contributed by atoms with Crippen molar-refractivity contribution in [1.29, 1.82) is 0 Å². The lowest BCUT2D eigenvalue weighted by atomic mass is 9.89. The average molecular weight is 599 g/mol. The highest BCUT2D eigenvalue weighted by Crippen LogP contribution is 2.44. The van der Waals surface area contributed by atoms with Crippen molar-refractivity contribution in [2.24, 2.45) is 0 Å². The van der Waals surface area contributed by atoms with Crippen LogP contribution in [0.15, 0.2) is 162 Å². The van der Waals surface area contributed by atoms with Crippen LogP contribution in [0.2, 0.25) is 0 Å². The zero-order valence-corrected chi connectivity index (χ0v) is 25.3. The average Bonchev–Trinajstić information content (AvgIpc) is 3.52. The van der Waals surface area contributed by atoms with Gasteiger partial charge in [-0.3, -0.25) is 0 Å². The van der Waals surface area contributed by atoms with Crippen LogP contribution in [-0.4, -0.2) is 9.97 Å². The number of rotatable bonds is 3. The minimum Gasteiger partial charge on any atom is -0.455 e. The Balaban J connectivity index is 1.27. The molecule has 0 saturated heterocycles. The zero-order chi connectivity index (χ0) is 30.9. The molecule has 218 valence electrons. The number of para-hydroxylation sites is 1. The molecular weight excluding hydrogens is 572 g/mol.